The molecule has 1 aromatic carbocycles. The fraction of sp³-hybridized carbons (Fsp3) is 0.550. The number of carboxylic acids is 1. The summed E-state index contributed by atoms with van der Waals surface area (Å²) in [5.74, 6) is -1.06. The molecule has 0 bridgehead atoms. The van der Waals surface area contributed by atoms with E-state index in [1.54, 1.807) is 4.90 Å². The lowest BCUT2D eigenvalue weighted by atomic mass is 9.88. The summed E-state index contributed by atoms with van der Waals surface area (Å²) in [5.41, 5.74) is 1.99. The van der Waals surface area contributed by atoms with Crippen LogP contribution in [0.25, 0.3) is 0 Å². The van der Waals surface area contributed by atoms with Crippen LogP contribution in [0.15, 0.2) is 24.3 Å². The van der Waals surface area contributed by atoms with Gasteiger partial charge in [0.2, 0.25) is 0 Å². The minimum atomic E-state index is -1.04. The topological polar surface area (TPSA) is 87.1 Å². The van der Waals surface area contributed by atoms with Gasteiger partial charge in [0.1, 0.15) is 0 Å². The highest BCUT2D eigenvalue weighted by Crippen LogP contribution is 2.42. The van der Waals surface area contributed by atoms with Gasteiger partial charge in [-0.25, -0.2) is 4.79 Å². The predicted octanol–water partition coefficient (Wildman–Crippen LogP) is 3.13. The lowest BCUT2D eigenvalue weighted by molar-refractivity contribution is -0.169. The number of anilines is 1. The lowest BCUT2D eigenvalue weighted by Crippen LogP contribution is -2.49. The zero-order valence-corrected chi connectivity index (χ0v) is 15.2. The van der Waals surface area contributed by atoms with Crippen molar-refractivity contribution in [3.8, 4) is 0 Å². The maximum absolute atomic E-state index is 13.1. The van der Waals surface area contributed by atoms with E-state index in [4.69, 9.17) is 9.94 Å². The van der Waals surface area contributed by atoms with E-state index in [9.17, 15) is 14.4 Å². The van der Waals surface area contributed by atoms with Crippen molar-refractivity contribution in [1.82, 2.24) is 5.06 Å². The number of aliphatic carboxylic acids is 1. The quantitative estimate of drug-likeness (QED) is 0.821. The summed E-state index contributed by atoms with van der Waals surface area (Å²) >= 11 is 0. The molecular weight excluding hydrogens is 348 g/mol. The van der Waals surface area contributed by atoms with E-state index in [1.807, 2.05) is 24.3 Å². The van der Waals surface area contributed by atoms with E-state index < -0.39 is 18.0 Å². The first kappa shape index (κ1) is 17.8. The molecule has 0 radical (unpaired) electrons. The number of benzene rings is 1. The second kappa shape index (κ2) is 7.21. The minimum Gasteiger partial charge on any atom is -0.481 e. The van der Waals surface area contributed by atoms with Crippen LogP contribution in [0.3, 0.4) is 0 Å². The van der Waals surface area contributed by atoms with Crippen LogP contribution in [-0.2, 0) is 20.8 Å². The summed E-state index contributed by atoms with van der Waals surface area (Å²) in [5, 5.41) is 9.93. The molecule has 1 heterocycles. The Balaban J connectivity index is 1.53. The molecule has 1 aromatic rings. The van der Waals surface area contributed by atoms with Gasteiger partial charge in [0, 0.05) is 12.5 Å². The SMILES string of the molecule is O=C(O)CCC(=O)N(OC(=O)N1c2ccccc2CC2CCCC21)C1CC1. The van der Waals surface area contributed by atoms with Crippen LogP contribution in [0.2, 0.25) is 0 Å². The summed E-state index contributed by atoms with van der Waals surface area (Å²) in [6.07, 6.45) is 4.65. The van der Waals surface area contributed by atoms with Crippen LogP contribution in [0.5, 0.6) is 0 Å². The molecule has 7 heteroatoms. The van der Waals surface area contributed by atoms with Gasteiger partial charge in [0.05, 0.1) is 18.2 Å². The standard InChI is InChI=1S/C20H24N2O5/c23-18(10-11-19(24)25)22(15-8-9-15)27-20(26)21-16-6-2-1-4-13(16)12-14-5-3-7-17(14)21/h1-2,4,6,14-15,17H,3,5,7-12H2,(H,24,25). The van der Waals surface area contributed by atoms with Gasteiger partial charge in [-0.15, -0.1) is 0 Å². The Morgan fingerprint density at radius 2 is 1.89 bits per heavy atom. The van der Waals surface area contributed by atoms with Gasteiger partial charge in [0.15, 0.2) is 0 Å². The van der Waals surface area contributed by atoms with Crippen LogP contribution in [0.1, 0.15) is 50.5 Å². The van der Waals surface area contributed by atoms with E-state index in [0.29, 0.717) is 5.92 Å². The van der Waals surface area contributed by atoms with Crippen LogP contribution < -0.4 is 4.90 Å². The molecule has 2 saturated carbocycles. The number of hydrogen-bond acceptors (Lipinski definition) is 4. The van der Waals surface area contributed by atoms with E-state index in [-0.39, 0.29) is 24.9 Å². The fourth-order valence-electron chi connectivity index (χ4n) is 4.30. The Morgan fingerprint density at radius 1 is 1.11 bits per heavy atom. The molecule has 2 unspecified atom stereocenters. The molecule has 4 rings (SSSR count). The number of nitrogens with zero attached hydrogens (tertiary/aromatic N) is 2. The summed E-state index contributed by atoms with van der Waals surface area (Å²) < 4.78 is 0. The number of carbonyl (C=O) groups is 3. The second-order valence-electron chi connectivity index (χ2n) is 7.66. The molecule has 144 valence electrons. The maximum Gasteiger partial charge on any atom is 0.439 e. The first-order valence-corrected chi connectivity index (χ1v) is 9.67. The van der Waals surface area contributed by atoms with Crippen molar-refractivity contribution in [3.05, 3.63) is 29.8 Å². The molecule has 2 atom stereocenters. The average molecular weight is 372 g/mol. The van der Waals surface area contributed by atoms with Gasteiger partial charge in [-0.3, -0.25) is 14.5 Å². The van der Waals surface area contributed by atoms with Crippen LogP contribution in [0.4, 0.5) is 10.5 Å². The number of rotatable bonds is 4. The number of hydrogen-bond donors (Lipinski definition) is 1. The molecule has 3 aliphatic rings. The summed E-state index contributed by atoms with van der Waals surface area (Å²) in [4.78, 5) is 43.5. The number of amides is 2. The van der Waals surface area contributed by atoms with E-state index in [0.717, 1.165) is 54.8 Å². The average Bonchev–Trinajstić information content (AvgIpc) is 3.39. The summed E-state index contributed by atoms with van der Waals surface area (Å²) in [7, 11) is 0. The van der Waals surface area contributed by atoms with Gasteiger partial charge in [0.25, 0.3) is 5.91 Å². The molecule has 2 amide bonds. The zero-order valence-electron chi connectivity index (χ0n) is 15.2. The van der Waals surface area contributed by atoms with E-state index in [1.165, 1.54) is 0 Å². The zero-order chi connectivity index (χ0) is 19.0. The van der Waals surface area contributed by atoms with Gasteiger partial charge < -0.3 is 9.94 Å². The molecule has 2 aliphatic carbocycles. The molecule has 7 nitrogen and oxygen atoms in total. The van der Waals surface area contributed by atoms with Crippen molar-refractivity contribution in [3.63, 3.8) is 0 Å². The van der Waals surface area contributed by atoms with Crippen molar-refractivity contribution >= 4 is 23.7 Å². The van der Waals surface area contributed by atoms with E-state index in [2.05, 4.69) is 0 Å². The predicted molar refractivity (Wildman–Crippen MR) is 97.0 cm³/mol. The molecule has 0 aromatic heterocycles. The summed E-state index contributed by atoms with van der Waals surface area (Å²) in [6.45, 7) is 0. The van der Waals surface area contributed by atoms with Gasteiger partial charge in [-0.1, -0.05) is 24.6 Å². The van der Waals surface area contributed by atoms with Crippen molar-refractivity contribution in [1.29, 1.82) is 0 Å². The summed E-state index contributed by atoms with van der Waals surface area (Å²) in [6, 6.07) is 7.83. The molecule has 1 N–H and O–H groups in total. The third-order valence-electron chi connectivity index (χ3n) is 5.73. The minimum absolute atomic E-state index is 0.0996. The van der Waals surface area contributed by atoms with Crippen LogP contribution in [-0.4, -0.2) is 40.2 Å². The fourth-order valence-corrected chi connectivity index (χ4v) is 4.30. The molecule has 2 fully saturated rings. The smallest absolute Gasteiger partial charge is 0.439 e. The number of carbonyl (C=O) groups excluding carboxylic acids is 2. The number of fused-ring (bicyclic) bond motifs is 2. The first-order valence-electron chi connectivity index (χ1n) is 9.67. The molecule has 27 heavy (non-hydrogen) atoms. The van der Waals surface area contributed by atoms with Gasteiger partial charge >= 0.3 is 12.1 Å². The number of carboxylic acid groups (broad SMARTS) is 1. The Morgan fingerprint density at radius 3 is 2.63 bits per heavy atom. The third kappa shape index (κ3) is 3.63. The van der Waals surface area contributed by atoms with Gasteiger partial charge in [-0.2, -0.15) is 5.06 Å². The molecule has 1 aliphatic heterocycles. The Bertz CT molecular complexity index is 760. The van der Waals surface area contributed by atoms with Crippen LogP contribution in [0, 0.1) is 5.92 Å². The Labute approximate surface area is 157 Å². The monoisotopic (exact) mass is 372 g/mol. The van der Waals surface area contributed by atoms with Gasteiger partial charge in [-0.05, 0) is 49.7 Å². The molecule has 0 spiro atoms. The number of hydroxylamine groups is 2. The first-order chi connectivity index (χ1) is 13.0. The Kier molecular flexibility index (Phi) is 4.76. The number of para-hydroxylation sites is 1. The molecule has 0 saturated heterocycles. The lowest BCUT2D eigenvalue weighted by Gasteiger charge is -2.39. The largest absolute Gasteiger partial charge is 0.481 e. The highest BCUT2D eigenvalue weighted by atomic mass is 16.7. The van der Waals surface area contributed by atoms with Crippen molar-refractivity contribution in [2.24, 2.45) is 5.92 Å². The highest BCUT2D eigenvalue weighted by molar-refractivity contribution is 5.91. The normalized spacial score (nSPS) is 23.3. The Hall–Kier alpha value is -2.57. The highest BCUT2D eigenvalue weighted by Gasteiger charge is 2.43. The van der Waals surface area contributed by atoms with Crippen molar-refractivity contribution < 1.29 is 24.3 Å². The molecular formula is C20H24N2O5. The second-order valence-corrected chi connectivity index (χ2v) is 7.66. The van der Waals surface area contributed by atoms with E-state index >= 15 is 0 Å². The maximum atomic E-state index is 13.1. The van der Waals surface area contributed by atoms with Crippen LogP contribution >= 0.6 is 0 Å². The van der Waals surface area contributed by atoms with Crippen molar-refractivity contribution in [2.45, 2.75) is 63.5 Å². The van der Waals surface area contributed by atoms with Crippen molar-refractivity contribution in [2.75, 3.05) is 4.90 Å². The third-order valence-corrected chi connectivity index (χ3v) is 5.73.